The summed E-state index contributed by atoms with van der Waals surface area (Å²) in [4.78, 5) is 33.6. The van der Waals surface area contributed by atoms with Gasteiger partial charge in [-0.3, -0.25) is 15.4 Å². The molecule has 0 spiro atoms. The fourth-order valence-corrected chi connectivity index (χ4v) is 3.76. The number of benzene rings is 1. The average Bonchev–Trinajstić information content (AvgIpc) is 3.31. The molecule has 1 aromatic carbocycles. The third-order valence-corrected chi connectivity index (χ3v) is 5.26. The Balaban J connectivity index is 1.70. The van der Waals surface area contributed by atoms with Gasteiger partial charge >= 0.3 is 12.2 Å². The molecule has 1 aliphatic rings. The maximum atomic E-state index is 12.3. The predicted molar refractivity (Wildman–Crippen MR) is 116 cm³/mol. The molecule has 3 atom stereocenters. The standard InChI is InChI=1S/C21H26N4O8/c1-21(2,3)24-18(22-19(26)27)11-15(23-24)12-9-16(31-4)17(10-12)33-20(28)32-14-7-5-13(6-8-14)25(29)30/h5-8,11-12,16-17,22H,9-10H2,1-4H3,(H,26,27)/t12-,16+,17-/m0/s1. The molecule has 3 rings (SSSR count). The summed E-state index contributed by atoms with van der Waals surface area (Å²) in [6, 6.07) is 6.73. The zero-order valence-corrected chi connectivity index (χ0v) is 18.7. The Hall–Kier alpha value is -3.67. The van der Waals surface area contributed by atoms with E-state index in [2.05, 4.69) is 10.4 Å². The lowest BCUT2D eigenvalue weighted by atomic mass is 10.0. The van der Waals surface area contributed by atoms with Gasteiger partial charge in [0.05, 0.1) is 22.3 Å². The van der Waals surface area contributed by atoms with E-state index < -0.39 is 34.9 Å². The summed E-state index contributed by atoms with van der Waals surface area (Å²) in [6.07, 6.45) is -2.24. The summed E-state index contributed by atoms with van der Waals surface area (Å²) < 4.78 is 17.7. The first-order valence-electron chi connectivity index (χ1n) is 10.2. The van der Waals surface area contributed by atoms with Crippen LogP contribution in [0, 0.1) is 10.1 Å². The third-order valence-electron chi connectivity index (χ3n) is 5.26. The van der Waals surface area contributed by atoms with Crippen molar-refractivity contribution in [3.05, 3.63) is 46.1 Å². The van der Waals surface area contributed by atoms with Crippen LogP contribution >= 0.6 is 0 Å². The van der Waals surface area contributed by atoms with Crippen LogP contribution < -0.4 is 10.1 Å². The Bertz CT molecular complexity index is 1030. The molecule has 1 saturated carbocycles. The lowest BCUT2D eigenvalue weighted by Gasteiger charge is -2.22. The molecule has 1 aromatic heterocycles. The van der Waals surface area contributed by atoms with Crippen LogP contribution in [0.1, 0.15) is 45.2 Å². The lowest BCUT2D eigenvalue weighted by Crippen LogP contribution is -2.29. The van der Waals surface area contributed by atoms with Gasteiger partial charge in [0.25, 0.3) is 5.69 Å². The van der Waals surface area contributed by atoms with Crippen molar-refractivity contribution >= 4 is 23.8 Å². The number of non-ortho nitro benzene ring substituents is 1. The monoisotopic (exact) mass is 462 g/mol. The van der Waals surface area contributed by atoms with Gasteiger partial charge in [0.15, 0.2) is 0 Å². The van der Waals surface area contributed by atoms with Gasteiger partial charge in [-0.1, -0.05) is 0 Å². The number of hydrogen-bond donors (Lipinski definition) is 2. The largest absolute Gasteiger partial charge is 0.514 e. The van der Waals surface area contributed by atoms with Crippen molar-refractivity contribution in [2.24, 2.45) is 0 Å². The molecule has 12 nitrogen and oxygen atoms in total. The minimum absolute atomic E-state index is 0.113. The Morgan fingerprint density at radius 3 is 2.39 bits per heavy atom. The van der Waals surface area contributed by atoms with Crippen molar-refractivity contribution in [2.45, 2.75) is 57.3 Å². The highest BCUT2D eigenvalue weighted by Gasteiger charge is 2.40. The number of carbonyl (C=O) groups is 2. The van der Waals surface area contributed by atoms with Crippen LogP contribution in [0.4, 0.5) is 21.1 Å². The Labute approximate surface area is 189 Å². The van der Waals surface area contributed by atoms with Gasteiger partial charge in [-0.2, -0.15) is 5.10 Å². The van der Waals surface area contributed by atoms with E-state index in [0.29, 0.717) is 24.4 Å². The van der Waals surface area contributed by atoms with E-state index in [0.717, 1.165) is 0 Å². The van der Waals surface area contributed by atoms with Crippen LogP contribution in [0.2, 0.25) is 0 Å². The molecule has 2 N–H and O–H groups in total. The average molecular weight is 462 g/mol. The molecular weight excluding hydrogens is 436 g/mol. The fraction of sp³-hybridized carbons (Fsp3) is 0.476. The fourth-order valence-electron chi connectivity index (χ4n) is 3.76. The number of carbonyl (C=O) groups excluding carboxylic acids is 1. The number of methoxy groups -OCH3 is 1. The summed E-state index contributed by atoms with van der Waals surface area (Å²) in [5, 5.41) is 26.8. The lowest BCUT2D eigenvalue weighted by molar-refractivity contribution is -0.384. The second-order valence-corrected chi connectivity index (χ2v) is 8.67. The van der Waals surface area contributed by atoms with Crippen molar-refractivity contribution < 1.29 is 33.8 Å². The summed E-state index contributed by atoms with van der Waals surface area (Å²) in [7, 11) is 1.51. The molecule has 0 bridgehead atoms. The van der Waals surface area contributed by atoms with Crippen LogP contribution in [-0.2, 0) is 15.0 Å². The van der Waals surface area contributed by atoms with Gasteiger partial charge in [0, 0.05) is 31.2 Å². The zero-order chi connectivity index (χ0) is 24.3. The number of hydrogen-bond acceptors (Lipinski definition) is 8. The normalized spacial score (nSPS) is 20.3. The SMILES string of the molecule is CO[C@@H]1C[C@H](c2cc(NC(=O)O)n(C(C)(C)C)n2)C[C@@H]1OC(=O)Oc1ccc([N+](=O)[O-])cc1. The number of ether oxygens (including phenoxy) is 3. The van der Waals surface area contributed by atoms with Crippen LogP contribution in [0.3, 0.4) is 0 Å². The molecule has 0 saturated heterocycles. The highest BCUT2D eigenvalue weighted by Crippen LogP contribution is 2.39. The van der Waals surface area contributed by atoms with E-state index >= 15 is 0 Å². The van der Waals surface area contributed by atoms with E-state index in [1.165, 1.54) is 31.4 Å². The molecule has 0 unspecified atom stereocenters. The van der Waals surface area contributed by atoms with Crippen molar-refractivity contribution in [2.75, 3.05) is 12.4 Å². The van der Waals surface area contributed by atoms with Gasteiger partial charge in [0.1, 0.15) is 17.7 Å². The van der Waals surface area contributed by atoms with E-state index in [-0.39, 0.29) is 17.4 Å². The quantitative estimate of drug-likeness (QED) is 0.279. The minimum Gasteiger partial charge on any atom is -0.465 e. The molecule has 0 aliphatic heterocycles. The predicted octanol–water partition coefficient (Wildman–Crippen LogP) is 4.11. The number of nitro groups is 1. The Morgan fingerprint density at radius 1 is 1.21 bits per heavy atom. The molecule has 1 aliphatic carbocycles. The number of aromatic nitrogens is 2. The zero-order valence-electron chi connectivity index (χ0n) is 18.7. The van der Waals surface area contributed by atoms with Gasteiger partial charge in [-0.05, 0) is 45.7 Å². The second-order valence-electron chi connectivity index (χ2n) is 8.67. The maximum Gasteiger partial charge on any atom is 0.514 e. The molecule has 1 amide bonds. The van der Waals surface area contributed by atoms with E-state index in [1.807, 2.05) is 20.8 Å². The number of nitrogens with zero attached hydrogens (tertiary/aromatic N) is 3. The van der Waals surface area contributed by atoms with E-state index in [9.17, 15) is 19.7 Å². The number of rotatable bonds is 6. The summed E-state index contributed by atoms with van der Waals surface area (Å²) in [5.74, 6) is 0.327. The number of nitro benzene ring substituents is 1. The van der Waals surface area contributed by atoms with Crippen LogP contribution in [0.5, 0.6) is 5.75 Å². The van der Waals surface area contributed by atoms with Gasteiger partial charge < -0.3 is 19.3 Å². The van der Waals surface area contributed by atoms with Crippen molar-refractivity contribution in [1.82, 2.24) is 9.78 Å². The molecular formula is C21H26N4O8. The highest BCUT2D eigenvalue weighted by molar-refractivity contribution is 5.81. The van der Waals surface area contributed by atoms with Crippen molar-refractivity contribution in [1.29, 1.82) is 0 Å². The summed E-state index contributed by atoms with van der Waals surface area (Å²) in [5.41, 5.74) is 0.0746. The maximum absolute atomic E-state index is 12.3. The summed E-state index contributed by atoms with van der Waals surface area (Å²) >= 11 is 0. The number of carboxylic acid groups (broad SMARTS) is 1. The second kappa shape index (κ2) is 9.45. The van der Waals surface area contributed by atoms with Gasteiger partial charge in [-0.25, -0.2) is 14.3 Å². The molecule has 33 heavy (non-hydrogen) atoms. The Kier molecular flexibility index (Phi) is 6.86. The molecule has 178 valence electrons. The topological polar surface area (TPSA) is 155 Å². The van der Waals surface area contributed by atoms with Gasteiger partial charge in [-0.15, -0.1) is 0 Å². The smallest absolute Gasteiger partial charge is 0.465 e. The first-order chi connectivity index (χ1) is 15.5. The van der Waals surface area contributed by atoms with Crippen LogP contribution in [0.25, 0.3) is 0 Å². The molecule has 2 aromatic rings. The third kappa shape index (κ3) is 5.77. The molecule has 12 heteroatoms. The first-order valence-corrected chi connectivity index (χ1v) is 10.2. The molecule has 0 radical (unpaired) electrons. The van der Waals surface area contributed by atoms with Crippen molar-refractivity contribution in [3.63, 3.8) is 0 Å². The van der Waals surface area contributed by atoms with Gasteiger partial charge in [0.2, 0.25) is 0 Å². The highest BCUT2D eigenvalue weighted by atomic mass is 16.7. The Morgan fingerprint density at radius 2 is 1.85 bits per heavy atom. The summed E-state index contributed by atoms with van der Waals surface area (Å²) in [6.45, 7) is 5.72. The number of nitrogens with one attached hydrogen (secondary N) is 1. The van der Waals surface area contributed by atoms with Crippen molar-refractivity contribution in [3.8, 4) is 5.75 Å². The van der Waals surface area contributed by atoms with Crippen LogP contribution in [0.15, 0.2) is 30.3 Å². The first kappa shape index (κ1) is 24.0. The molecule has 1 heterocycles. The van der Waals surface area contributed by atoms with E-state index in [4.69, 9.17) is 19.3 Å². The molecule has 1 fully saturated rings. The minimum atomic E-state index is -1.19. The number of anilines is 1. The number of amides is 1. The van der Waals surface area contributed by atoms with E-state index in [1.54, 1.807) is 10.7 Å². The van der Waals surface area contributed by atoms with Crippen LogP contribution in [-0.4, -0.2) is 51.4 Å².